The van der Waals surface area contributed by atoms with Crippen LogP contribution >= 0.6 is 11.3 Å². The molecule has 0 unspecified atom stereocenters. The number of fused-ring (bicyclic) bond motifs is 1. The normalized spacial score (nSPS) is 14.6. The zero-order valence-corrected chi connectivity index (χ0v) is 10.9. The van der Waals surface area contributed by atoms with Gasteiger partial charge in [-0.25, -0.2) is 0 Å². The molecule has 3 N–H and O–H groups in total. The van der Waals surface area contributed by atoms with Crippen molar-refractivity contribution < 1.29 is 19.1 Å². The minimum atomic E-state index is -0.684. The summed E-state index contributed by atoms with van der Waals surface area (Å²) in [6.45, 7) is 0. The van der Waals surface area contributed by atoms with Crippen LogP contribution in [0.5, 0.6) is 0 Å². The number of allylic oxidation sites excluding steroid dienone is 2. The topological polar surface area (TPSA) is 93.5 Å². The third kappa shape index (κ3) is 1.60. The summed E-state index contributed by atoms with van der Waals surface area (Å²) >= 11 is 1.37. The number of ketones is 2. The Labute approximate surface area is 118 Å². The van der Waals surface area contributed by atoms with Gasteiger partial charge in [0.2, 0.25) is 0 Å². The molecule has 20 heavy (non-hydrogen) atoms. The van der Waals surface area contributed by atoms with Crippen molar-refractivity contribution in [3.8, 4) is 0 Å². The molecule has 7 heteroatoms. The summed E-state index contributed by atoms with van der Waals surface area (Å²) in [4.78, 5) is 24.2. The first-order valence-electron chi connectivity index (χ1n) is 5.57. The second kappa shape index (κ2) is 4.31. The van der Waals surface area contributed by atoms with Gasteiger partial charge in [0, 0.05) is 0 Å². The predicted molar refractivity (Wildman–Crippen MR) is 74.5 cm³/mol. The van der Waals surface area contributed by atoms with Crippen molar-refractivity contribution in [1.29, 1.82) is 0 Å². The van der Waals surface area contributed by atoms with Crippen LogP contribution in [0, 0.1) is 0 Å². The molecule has 3 rings (SSSR count). The summed E-state index contributed by atoms with van der Waals surface area (Å²) in [5, 5.41) is 13.2. The molecule has 0 aromatic carbocycles. The van der Waals surface area contributed by atoms with E-state index < -0.39 is 11.5 Å². The van der Waals surface area contributed by atoms with Crippen LogP contribution in [0.25, 0.3) is 0 Å². The molecule has 1 aliphatic rings. The third-order valence-electron chi connectivity index (χ3n) is 3.05. The molecule has 97 valence electrons. The Bertz CT molecular complexity index is 785. The van der Waals surface area contributed by atoms with Crippen LogP contribution in [-0.4, -0.2) is 29.6 Å². The van der Waals surface area contributed by atoms with Crippen LogP contribution < -0.4 is 5.73 Å². The van der Waals surface area contributed by atoms with Crippen LogP contribution in [0.3, 0.4) is 0 Å². The molecule has 1 radical (unpaired) electrons. The van der Waals surface area contributed by atoms with Gasteiger partial charge in [-0.1, -0.05) is 0 Å². The summed E-state index contributed by atoms with van der Waals surface area (Å²) in [6, 6.07) is 1.65. The number of hydrogen-bond donors (Lipinski definition) is 2. The first kappa shape index (κ1) is 12.6. The Balaban J connectivity index is 2.17. The van der Waals surface area contributed by atoms with Crippen LogP contribution in [0.15, 0.2) is 39.0 Å². The van der Waals surface area contributed by atoms with Crippen LogP contribution in [-0.2, 0) is 0 Å². The molecular formula is C13H7BNO4S. The first-order chi connectivity index (χ1) is 9.52. The molecule has 0 saturated heterocycles. The van der Waals surface area contributed by atoms with E-state index in [2.05, 4.69) is 0 Å². The SMILES string of the molecule is [B]=C1C(O)=C(N)C(=O)c2occ(C(=O)c3ccsc3)c21. The van der Waals surface area contributed by atoms with Gasteiger partial charge in [0.25, 0.3) is 0 Å². The summed E-state index contributed by atoms with van der Waals surface area (Å²) in [5.74, 6) is -1.67. The Morgan fingerprint density at radius 3 is 2.85 bits per heavy atom. The summed E-state index contributed by atoms with van der Waals surface area (Å²) in [6.07, 6.45) is 1.15. The van der Waals surface area contributed by atoms with Crippen molar-refractivity contribution in [3.05, 3.63) is 57.0 Å². The molecule has 0 saturated carbocycles. The van der Waals surface area contributed by atoms with Gasteiger partial charge in [-0.3, -0.25) is 0 Å². The fraction of sp³-hybridized carbons (Fsp3) is 0. The molecule has 2 heterocycles. The molecule has 0 spiro atoms. The Morgan fingerprint density at radius 2 is 2.20 bits per heavy atom. The molecule has 0 atom stereocenters. The van der Waals surface area contributed by atoms with Gasteiger partial charge >= 0.3 is 118 Å². The zero-order valence-electron chi connectivity index (χ0n) is 10.0. The predicted octanol–water partition coefficient (Wildman–Crippen LogP) is 1.19. The van der Waals surface area contributed by atoms with E-state index in [9.17, 15) is 14.7 Å². The molecule has 2 aromatic heterocycles. The van der Waals surface area contributed by atoms with E-state index in [0.717, 1.165) is 6.26 Å². The van der Waals surface area contributed by atoms with E-state index in [0.29, 0.717) is 5.56 Å². The fourth-order valence-electron chi connectivity index (χ4n) is 2.00. The van der Waals surface area contributed by atoms with Crippen LogP contribution in [0.1, 0.15) is 32.0 Å². The molecule has 0 aliphatic heterocycles. The summed E-state index contributed by atoms with van der Waals surface area (Å²) < 4.78 is 5.11. The number of furan rings is 1. The Kier molecular flexibility index (Phi) is 2.72. The number of thiophene rings is 1. The molecule has 0 amide bonds. The number of aliphatic hydroxyl groups is 1. The molecule has 1 aliphatic carbocycles. The van der Waals surface area contributed by atoms with E-state index in [4.69, 9.17) is 17.6 Å². The molecule has 0 bridgehead atoms. The average Bonchev–Trinajstić information content (AvgIpc) is 3.10. The maximum absolute atomic E-state index is 12.3. The van der Waals surface area contributed by atoms with E-state index in [1.54, 1.807) is 16.8 Å². The number of hydrogen-bond acceptors (Lipinski definition) is 6. The fourth-order valence-corrected chi connectivity index (χ4v) is 2.64. The van der Waals surface area contributed by atoms with Gasteiger partial charge in [-0.15, -0.1) is 0 Å². The zero-order chi connectivity index (χ0) is 14.4. The number of rotatable bonds is 2. The third-order valence-corrected chi connectivity index (χ3v) is 3.73. The van der Waals surface area contributed by atoms with Crippen LogP contribution in [0.2, 0.25) is 0 Å². The summed E-state index contributed by atoms with van der Waals surface area (Å²) in [7, 11) is 5.75. The van der Waals surface area contributed by atoms with Gasteiger partial charge in [0.1, 0.15) is 0 Å². The average molecular weight is 284 g/mol. The molecule has 5 nitrogen and oxygen atoms in total. The maximum atomic E-state index is 12.3. The molecule has 2 aromatic rings. The molecule has 0 fully saturated rings. The van der Waals surface area contributed by atoms with E-state index in [1.807, 2.05) is 0 Å². The van der Waals surface area contributed by atoms with Crippen molar-refractivity contribution in [2.75, 3.05) is 0 Å². The van der Waals surface area contributed by atoms with Gasteiger partial charge in [-0.05, 0) is 0 Å². The van der Waals surface area contributed by atoms with Gasteiger partial charge in [-0.2, -0.15) is 0 Å². The Morgan fingerprint density at radius 1 is 1.45 bits per heavy atom. The van der Waals surface area contributed by atoms with Crippen molar-refractivity contribution in [3.63, 3.8) is 0 Å². The first-order valence-corrected chi connectivity index (χ1v) is 6.51. The standard InChI is InChI=1S/C13H7BNO4S/c14-8-7-6(10(16)5-1-2-20-4-5)3-19-13(7)12(18)9(15)11(8)17/h1-4,17H,15H2. The summed E-state index contributed by atoms with van der Waals surface area (Å²) in [5.41, 5.74) is 5.60. The number of aliphatic hydroxyl groups excluding tert-OH is 1. The second-order valence-electron chi connectivity index (χ2n) is 4.20. The monoisotopic (exact) mass is 284 g/mol. The minimum absolute atomic E-state index is 0.0953. The molecular weight excluding hydrogens is 277 g/mol. The number of Topliss-reactive ketones (excluding diaryl/α,β-unsaturated/α-hetero) is 1. The second-order valence-corrected chi connectivity index (χ2v) is 4.98. The quantitative estimate of drug-likeness (QED) is 0.638. The van der Waals surface area contributed by atoms with Gasteiger partial charge in [0.05, 0.1) is 0 Å². The Hall–Kier alpha value is -2.41. The van der Waals surface area contributed by atoms with Gasteiger partial charge < -0.3 is 0 Å². The number of carbonyl (C=O) groups is 2. The number of nitrogens with two attached hydrogens (primary N) is 1. The van der Waals surface area contributed by atoms with Crippen LogP contribution in [0.4, 0.5) is 0 Å². The number of carbonyl (C=O) groups excluding carboxylic acids is 2. The van der Waals surface area contributed by atoms with Crippen molar-refractivity contribution in [2.45, 2.75) is 0 Å². The van der Waals surface area contributed by atoms with E-state index in [-0.39, 0.29) is 33.8 Å². The van der Waals surface area contributed by atoms with E-state index in [1.165, 1.54) is 11.3 Å². The van der Waals surface area contributed by atoms with Crippen molar-refractivity contribution in [1.82, 2.24) is 0 Å². The van der Waals surface area contributed by atoms with Crippen molar-refractivity contribution >= 4 is 35.9 Å². The van der Waals surface area contributed by atoms with Crippen molar-refractivity contribution in [2.24, 2.45) is 5.73 Å². The van der Waals surface area contributed by atoms with E-state index >= 15 is 0 Å². The van der Waals surface area contributed by atoms with Gasteiger partial charge in [0.15, 0.2) is 0 Å².